The van der Waals surface area contributed by atoms with Gasteiger partial charge >= 0.3 is 0 Å². The number of carbonyl (C=O) groups is 1. The average molecular weight is 335 g/mol. The van der Waals surface area contributed by atoms with Crippen LogP contribution in [0.15, 0.2) is 42.9 Å². The predicted molar refractivity (Wildman–Crippen MR) is 87.9 cm³/mol. The van der Waals surface area contributed by atoms with Crippen LogP contribution in [-0.2, 0) is 9.53 Å². The highest BCUT2D eigenvalue weighted by atomic mass is 35.5. The molecule has 0 aliphatic rings. The zero-order valence-corrected chi connectivity index (χ0v) is 13.8. The third kappa shape index (κ3) is 4.25. The number of rotatable bonds is 6. The minimum absolute atomic E-state index is 0.150. The normalized spacial score (nSPS) is 13.4. The molecule has 0 fully saturated rings. The molecule has 0 spiro atoms. The summed E-state index contributed by atoms with van der Waals surface area (Å²) < 4.78 is 4.96. The Hall–Kier alpha value is -2.02. The minimum Gasteiger partial charge on any atom is -0.383 e. The number of methoxy groups -OCH3 is 1. The van der Waals surface area contributed by atoms with Crippen molar-refractivity contribution in [2.75, 3.05) is 20.8 Å². The topological polar surface area (TPSA) is 81.3 Å². The van der Waals surface area contributed by atoms with Crippen LogP contribution in [0.1, 0.15) is 17.3 Å². The van der Waals surface area contributed by atoms with Crippen LogP contribution in [-0.4, -0.2) is 47.6 Å². The predicted octanol–water partition coefficient (Wildman–Crippen LogP) is 1.65. The standard InChI is InChI=1S/C16H19ClN4O2/c1-21(16(22)13(18)10-23-2)15(14-9-19-7-8-20-14)11-3-5-12(17)6-4-11/h3-9,13,15H,10,18H2,1-2H3. The fraction of sp³-hybridized carbons (Fsp3) is 0.312. The average Bonchev–Trinajstić information content (AvgIpc) is 2.57. The van der Waals surface area contributed by atoms with Crippen LogP contribution in [0.25, 0.3) is 0 Å². The van der Waals surface area contributed by atoms with Crippen LogP contribution in [0.3, 0.4) is 0 Å². The first kappa shape index (κ1) is 17.3. The monoisotopic (exact) mass is 334 g/mol. The summed E-state index contributed by atoms with van der Waals surface area (Å²) in [6.07, 6.45) is 4.80. The second-order valence-electron chi connectivity index (χ2n) is 5.10. The molecule has 0 aliphatic carbocycles. The van der Waals surface area contributed by atoms with Gasteiger partial charge in [-0.25, -0.2) is 0 Å². The van der Waals surface area contributed by atoms with Crippen molar-refractivity contribution in [3.8, 4) is 0 Å². The Labute approximate surface area is 140 Å². The van der Waals surface area contributed by atoms with Crippen molar-refractivity contribution in [1.82, 2.24) is 14.9 Å². The van der Waals surface area contributed by atoms with Gasteiger partial charge in [-0.3, -0.25) is 14.8 Å². The third-order valence-electron chi connectivity index (χ3n) is 3.45. The van der Waals surface area contributed by atoms with Gasteiger partial charge in [-0.1, -0.05) is 23.7 Å². The number of hydrogen-bond acceptors (Lipinski definition) is 5. The zero-order chi connectivity index (χ0) is 16.8. The lowest BCUT2D eigenvalue weighted by molar-refractivity contribution is -0.134. The molecule has 2 N–H and O–H groups in total. The van der Waals surface area contributed by atoms with Crippen molar-refractivity contribution in [3.05, 3.63) is 59.1 Å². The van der Waals surface area contributed by atoms with Gasteiger partial charge in [-0.15, -0.1) is 0 Å². The highest BCUT2D eigenvalue weighted by molar-refractivity contribution is 6.30. The van der Waals surface area contributed by atoms with Crippen LogP contribution < -0.4 is 5.73 Å². The molecule has 7 heteroatoms. The molecule has 0 bridgehead atoms. The summed E-state index contributed by atoms with van der Waals surface area (Å²) in [4.78, 5) is 22.5. The number of nitrogens with zero attached hydrogens (tertiary/aromatic N) is 3. The van der Waals surface area contributed by atoms with Gasteiger partial charge in [0.1, 0.15) is 12.1 Å². The lowest BCUT2D eigenvalue weighted by atomic mass is 10.0. The van der Waals surface area contributed by atoms with E-state index in [-0.39, 0.29) is 12.5 Å². The van der Waals surface area contributed by atoms with E-state index in [0.29, 0.717) is 10.7 Å². The van der Waals surface area contributed by atoms with E-state index < -0.39 is 12.1 Å². The molecule has 23 heavy (non-hydrogen) atoms. The number of nitrogens with two attached hydrogens (primary N) is 1. The van der Waals surface area contributed by atoms with E-state index in [2.05, 4.69) is 9.97 Å². The van der Waals surface area contributed by atoms with E-state index >= 15 is 0 Å². The van der Waals surface area contributed by atoms with Gasteiger partial charge in [-0.2, -0.15) is 0 Å². The molecule has 1 amide bonds. The molecule has 0 radical (unpaired) electrons. The summed E-state index contributed by atoms with van der Waals surface area (Å²) in [6, 6.07) is 6.11. The summed E-state index contributed by atoms with van der Waals surface area (Å²) in [5.74, 6) is -0.238. The van der Waals surface area contributed by atoms with Crippen LogP contribution in [0.5, 0.6) is 0 Å². The van der Waals surface area contributed by atoms with Crippen molar-refractivity contribution < 1.29 is 9.53 Å². The lowest BCUT2D eigenvalue weighted by Gasteiger charge is -2.30. The molecule has 2 rings (SSSR count). The summed E-state index contributed by atoms with van der Waals surface area (Å²) in [5.41, 5.74) is 7.39. The Kier molecular flexibility index (Phi) is 6.04. The first-order chi connectivity index (χ1) is 11.0. The highest BCUT2D eigenvalue weighted by Gasteiger charge is 2.28. The van der Waals surface area contributed by atoms with Crippen molar-refractivity contribution in [1.29, 1.82) is 0 Å². The van der Waals surface area contributed by atoms with Gasteiger partial charge in [0, 0.05) is 31.6 Å². The molecule has 1 aromatic heterocycles. The number of benzene rings is 1. The Balaban J connectivity index is 2.37. The van der Waals surface area contributed by atoms with Crippen molar-refractivity contribution in [2.24, 2.45) is 5.73 Å². The third-order valence-corrected chi connectivity index (χ3v) is 3.70. The SMILES string of the molecule is COCC(N)C(=O)N(C)C(c1ccc(Cl)cc1)c1cnccn1. The van der Waals surface area contributed by atoms with Crippen LogP contribution >= 0.6 is 11.6 Å². The first-order valence-corrected chi connectivity index (χ1v) is 7.45. The van der Waals surface area contributed by atoms with Gasteiger partial charge in [0.25, 0.3) is 0 Å². The van der Waals surface area contributed by atoms with E-state index in [1.807, 2.05) is 12.1 Å². The number of carbonyl (C=O) groups excluding carboxylic acids is 1. The quantitative estimate of drug-likeness (QED) is 0.868. The molecule has 2 atom stereocenters. The summed E-state index contributed by atoms with van der Waals surface area (Å²) in [6.45, 7) is 0.150. The van der Waals surface area contributed by atoms with Gasteiger partial charge in [0.15, 0.2) is 0 Å². The molecule has 0 saturated carbocycles. The number of amides is 1. The van der Waals surface area contributed by atoms with Crippen LogP contribution in [0, 0.1) is 0 Å². The van der Waals surface area contributed by atoms with E-state index in [0.717, 1.165) is 5.56 Å². The second kappa shape index (κ2) is 8.01. The maximum absolute atomic E-state index is 12.5. The molecular weight excluding hydrogens is 316 g/mol. The Morgan fingerprint density at radius 2 is 2.04 bits per heavy atom. The van der Waals surface area contributed by atoms with E-state index in [1.54, 1.807) is 42.7 Å². The number of hydrogen-bond donors (Lipinski definition) is 1. The molecule has 2 unspecified atom stereocenters. The molecule has 0 saturated heterocycles. The van der Waals surface area contributed by atoms with Gasteiger partial charge in [0.2, 0.25) is 5.91 Å². The number of aromatic nitrogens is 2. The smallest absolute Gasteiger partial charge is 0.242 e. The Bertz CT molecular complexity index is 636. The van der Waals surface area contributed by atoms with E-state index in [4.69, 9.17) is 22.1 Å². The molecule has 0 aliphatic heterocycles. The lowest BCUT2D eigenvalue weighted by Crippen LogP contribution is -2.46. The second-order valence-corrected chi connectivity index (χ2v) is 5.53. The van der Waals surface area contributed by atoms with Crippen molar-refractivity contribution >= 4 is 17.5 Å². The maximum atomic E-state index is 12.5. The first-order valence-electron chi connectivity index (χ1n) is 7.07. The molecule has 1 aromatic carbocycles. The van der Waals surface area contributed by atoms with Crippen molar-refractivity contribution in [3.63, 3.8) is 0 Å². The number of ether oxygens (including phenoxy) is 1. The van der Waals surface area contributed by atoms with Crippen LogP contribution in [0.2, 0.25) is 5.02 Å². The maximum Gasteiger partial charge on any atom is 0.242 e. The molecule has 1 heterocycles. The molecular formula is C16H19ClN4O2. The summed E-state index contributed by atoms with van der Waals surface area (Å²) in [5, 5.41) is 0.622. The van der Waals surface area contributed by atoms with Gasteiger partial charge in [-0.05, 0) is 17.7 Å². The minimum atomic E-state index is -0.739. The molecule has 6 nitrogen and oxygen atoms in total. The van der Waals surface area contributed by atoms with Crippen LogP contribution in [0.4, 0.5) is 0 Å². The van der Waals surface area contributed by atoms with Gasteiger partial charge in [0.05, 0.1) is 18.5 Å². The fourth-order valence-corrected chi connectivity index (χ4v) is 2.46. The largest absolute Gasteiger partial charge is 0.383 e. The molecule has 2 aromatic rings. The van der Waals surface area contributed by atoms with E-state index in [9.17, 15) is 4.79 Å². The Morgan fingerprint density at radius 3 is 2.61 bits per heavy atom. The van der Waals surface area contributed by atoms with Crippen molar-refractivity contribution in [2.45, 2.75) is 12.1 Å². The fourth-order valence-electron chi connectivity index (χ4n) is 2.33. The number of halogens is 1. The highest BCUT2D eigenvalue weighted by Crippen LogP contribution is 2.27. The summed E-state index contributed by atoms with van der Waals surface area (Å²) in [7, 11) is 3.19. The molecule has 122 valence electrons. The Morgan fingerprint density at radius 1 is 1.35 bits per heavy atom. The number of likely N-dealkylation sites (N-methyl/N-ethyl adjacent to an activating group) is 1. The van der Waals surface area contributed by atoms with Gasteiger partial charge < -0.3 is 15.4 Å². The van der Waals surface area contributed by atoms with E-state index in [1.165, 1.54) is 7.11 Å². The summed E-state index contributed by atoms with van der Waals surface area (Å²) >= 11 is 5.95. The zero-order valence-electron chi connectivity index (χ0n) is 13.0.